The minimum Gasteiger partial charge on any atom is -0.0956 e. The van der Waals surface area contributed by atoms with Crippen LogP contribution in [0.1, 0.15) is 102 Å². The molecule has 0 aromatic heterocycles. The Labute approximate surface area is 160 Å². The van der Waals surface area contributed by atoms with Crippen LogP contribution in [-0.2, 0) is 0 Å². The van der Waals surface area contributed by atoms with E-state index in [4.69, 9.17) is 0 Å². The van der Waals surface area contributed by atoms with Gasteiger partial charge in [-0.05, 0) is 68.9 Å². The van der Waals surface area contributed by atoms with Gasteiger partial charge in [-0.2, -0.15) is 0 Å². The molecule has 1 saturated carbocycles. The monoisotopic (exact) mass is 346 g/mol. The lowest BCUT2D eigenvalue weighted by Gasteiger charge is -2.36. The molecule has 0 aromatic rings. The molecule has 1 unspecified atom stereocenters. The van der Waals surface area contributed by atoms with Gasteiger partial charge in [0.1, 0.15) is 0 Å². The van der Waals surface area contributed by atoms with Gasteiger partial charge in [0, 0.05) is 0 Å². The Morgan fingerprint density at radius 2 is 1.60 bits per heavy atom. The molecule has 0 aromatic carbocycles. The molecule has 0 N–H and O–H groups in total. The van der Waals surface area contributed by atoms with Crippen molar-refractivity contribution < 1.29 is 0 Å². The Balaban J connectivity index is 0. The Morgan fingerprint density at radius 3 is 2.00 bits per heavy atom. The second-order valence-corrected chi connectivity index (χ2v) is 7.88. The van der Waals surface area contributed by atoms with Crippen molar-refractivity contribution in [3.8, 4) is 0 Å². The molecule has 25 heavy (non-hydrogen) atoms. The van der Waals surface area contributed by atoms with Gasteiger partial charge in [0.2, 0.25) is 0 Å². The van der Waals surface area contributed by atoms with Gasteiger partial charge in [0.15, 0.2) is 0 Å². The maximum atomic E-state index is 4.31. The third-order valence-corrected chi connectivity index (χ3v) is 4.81. The second-order valence-electron chi connectivity index (χ2n) is 7.88. The predicted molar refractivity (Wildman–Crippen MR) is 119 cm³/mol. The molecule has 1 aliphatic rings. The maximum absolute atomic E-state index is 4.31. The van der Waals surface area contributed by atoms with E-state index in [1.54, 1.807) is 0 Å². The van der Waals surface area contributed by atoms with E-state index in [2.05, 4.69) is 67.2 Å². The van der Waals surface area contributed by atoms with Crippen molar-refractivity contribution in [2.24, 2.45) is 11.3 Å². The van der Waals surface area contributed by atoms with Crippen LogP contribution < -0.4 is 0 Å². The highest BCUT2D eigenvalue weighted by atomic mass is 14.3. The van der Waals surface area contributed by atoms with Crippen LogP contribution >= 0.6 is 0 Å². The van der Waals surface area contributed by atoms with Gasteiger partial charge in [-0.25, -0.2) is 0 Å². The average molecular weight is 347 g/mol. The van der Waals surface area contributed by atoms with Crippen molar-refractivity contribution in [2.75, 3.05) is 0 Å². The van der Waals surface area contributed by atoms with E-state index >= 15 is 0 Å². The second kappa shape index (κ2) is 13.2. The SMILES string of the molecule is C=C1CCC(C(C)(C)C)C/C1=C/C(/C=C(\C)CC)=C(C)C.CC.CC. The van der Waals surface area contributed by atoms with Crippen LogP contribution in [0.2, 0.25) is 0 Å². The van der Waals surface area contributed by atoms with Gasteiger partial charge < -0.3 is 0 Å². The fourth-order valence-electron chi connectivity index (χ4n) is 2.81. The van der Waals surface area contributed by atoms with Crippen molar-refractivity contribution in [2.45, 2.75) is 102 Å². The molecule has 0 heterocycles. The summed E-state index contributed by atoms with van der Waals surface area (Å²) in [5.41, 5.74) is 7.41. The summed E-state index contributed by atoms with van der Waals surface area (Å²) in [6.45, 7) is 28.3. The number of hydrogen-bond donors (Lipinski definition) is 0. The summed E-state index contributed by atoms with van der Waals surface area (Å²) in [6, 6.07) is 0. The van der Waals surface area contributed by atoms with Crippen LogP contribution in [-0.4, -0.2) is 0 Å². The van der Waals surface area contributed by atoms with Crippen LogP contribution in [0, 0.1) is 11.3 Å². The molecule has 0 nitrogen and oxygen atoms in total. The molecular weight excluding hydrogens is 300 g/mol. The fourth-order valence-corrected chi connectivity index (χ4v) is 2.81. The molecule has 1 fully saturated rings. The predicted octanol–water partition coefficient (Wildman–Crippen LogP) is 9.06. The summed E-state index contributed by atoms with van der Waals surface area (Å²) >= 11 is 0. The summed E-state index contributed by atoms with van der Waals surface area (Å²) in [5, 5.41) is 0. The minimum absolute atomic E-state index is 0.389. The molecule has 146 valence electrons. The highest BCUT2D eigenvalue weighted by Crippen LogP contribution is 2.42. The summed E-state index contributed by atoms with van der Waals surface area (Å²) in [4.78, 5) is 0. The first-order valence-electron chi connectivity index (χ1n) is 10.4. The maximum Gasteiger partial charge on any atom is -0.0243 e. The van der Waals surface area contributed by atoms with Gasteiger partial charge >= 0.3 is 0 Å². The smallest absolute Gasteiger partial charge is 0.0243 e. The Bertz CT molecular complexity index is 471. The van der Waals surface area contributed by atoms with Crippen LogP contribution in [0.5, 0.6) is 0 Å². The Morgan fingerprint density at radius 1 is 1.08 bits per heavy atom. The topological polar surface area (TPSA) is 0 Å². The fraction of sp³-hybridized carbons (Fsp3) is 0.680. The molecule has 0 bridgehead atoms. The van der Waals surface area contributed by atoms with Crippen LogP contribution in [0.4, 0.5) is 0 Å². The zero-order chi connectivity index (χ0) is 20.2. The molecule has 0 amide bonds. The normalized spacial score (nSPS) is 19.5. The number of hydrogen-bond acceptors (Lipinski definition) is 0. The summed E-state index contributed by atoms with van der Waals surface area (Å²) in [6.07, 6.45) is 9.47. The van der Waals surface area contributed by atoms with Gasteiger partial charge in [0.05, 0.1) is 0 Å². The third-order valence-electron chi connectivity index (χ3n) is 4.81. The molecule has 0 aliphatic heterocycles. The van der Waals surface area contributed by atoms with Crippen molar-refractivity contribution in [3.63, 3.8) is 0 Å². The lowest BCUT2D eigenvalue weighted by molar-refractivity contribution is 0.215. The first-order chi connectivity index (χ1) is 11.6. The van der Waals surface area contributed by atoms with E-state index < -0.39 is 0 Å². The van der Waals surface area contributed by atoms with Crippen LogP contribution in [0.15, 0.2) is 46.6 Å². The molecular formula is C25H46. The highest BCUT2D eigenvalue weighted by Gasteiger charge is 2.29. The van der Waals surface area contributed by atoms with Crippen LogP contribution in [0.3, 0.4) is 0 Å². The van der Waals surface area contributed by atoms with E-state index in [0.717, 1.165) is 18.8 Å². The van der Waals surface area contributed by atoms with Gasteiger partial charge in [-0.1, -0.05) is 90.8 Å². The van der Waals surface area contributed by atoms with E-state index in [1.807, 2.05) is 27.7 Å². The summed E-state index contributed by atoms with van der Waals surface area (Å²) in [7, 11) is 0. The Hall–Kier alpha value is -1.04. The van der Waals surface area contributed by atoms with Crippen LogP contribution in [0.25, 0.3) is 0 Å². The van der Waals surface area contributed by atoms with E-state index in [-0.39, 0.29) is 0 Å². The van der Waals surface area contributed by atoms with E-state index in [0.29, 0.717) is 5.41 Å². The Kier molecular flexibility index (Phi) is 13.8. The molecule has 1 rings (SSSR count). The van der Waals surface area contributed by atoms with Crippen molar-refractivity contribution in [3.05, 3.63) is 46.6 Å². The zero-order valence-corrected chi connectivity index (χ0v) is 19.3. The molecule has 1 atom stereocenters. The molecule has 0 heteroatoms. The molecule has 1 aliphatic carbocycles. The van der Waals surface area contributed by atoms with Crippen molar-refractivity contribution in [1.82, 2.24) is 0 Å². The van der Waals surface area contributed by atoms with Gasteiger partial charge in [-0.15, -0.1) is 0 Å². The molecule has 0 radical (unpaired) electrons. The lowest BCUT2D eigenvalue weighted by Crippen LogP contribution is -2.24. The van der Waals surface area contributed by atoms with Crippen molar-refractivity contribution in [1.29, 1.82) is 0 Å². The van der Waals surface area contributed by atoms with Gasteiger partial charge in [-0.3, -0.25) is 0 Å². The average Bonchev–Trinajstić information content (AvgIpc) is 2.58. The first-order valence-corrected chi connectivity index (χ1v) is 10.4. The van der Waals surface area contributed by atoms with Gasteiger partial charge in [0.25, 0.3) is 0 Å². The number of rotatable bonds is 3. The minimum atomic E-state index is 0.389. The largest absolute Gasteiger partial charge is 0.0956 e. The zero-order valence-electron chi connectivity index (χ0n) is 19.3. The van der Waals surface area contributed by atoms with E-state index in [9.17, 15) is 0 Å². The third kappa shape index (κ3) is 9.88. The lowest BCUT2D eigenvalue weighted by atomic mass is 9.69. The molecule has 0 spiro atoms. The molecule has 0 saturated heterocycles. The van der Waals surface area contributed by atoms with Crippen molar-refractivity contribution >= 4 is 0 Å². The summed E-state index contributed by atoms with van der Waals surface area (Å²) < 4.78 is 0. The highest BCUT2D eigenvalue weighted by molar-refractivity contribution is 5.44. The standard InChI is InChI=1S/C21H34.2C2H6/c1-9-16(4)12-18(15(2)3)13-19-14-20(21(6,7)8)11-10-17(19)5;2*1-2/h12-13,20H,5,9-11,14H2,1-4,6-8H3;2*1-2H3/b16-12+,19-13-;;. The number of allylic oxidation sites excluding steroid dienone is 7. The first kappa shape index (κ1) is 26.2. The quantitative estimate of drug-likeness (QED) is 0.447. The van der Waals surface area contributed by atoms with E-state index in [1.165, 1.54) is 40.7 Å². The summed E-state index contributed by atoms with van der Waals surface area (Å²) in [5.74, 6) is 0.768.